The van der Waals surface area contributed by atoms with E-state index in [0.717, 1.165) is 16.5 Å². The summed E-state index contributed by atoms with van der Waals surface area (Å²) in [6.07, 6.45) is 0.484. The van der Waals surface area contributed by atoms with Crippen LogP contribution < -0.4 is 9.47 Å². The van der Waals surface area contributed by atoms with Crippen LogP contribution in [-0.2, 0) is 11.2 Å². The molecule has 1 saturated heterocycles. The van der Waals surface area contributed by atoms with Crippen molar-refractivity contribution in [3.8, 4) is 29.0 Å². The van der Waals surface area contributed by atoms with Gasteiger partial charge in [-0.05, 0) is 41.7 Å². The first-order chi connectivity index (χ1) is 18.4. The van der Waals surface area contributed by atoms with Gasteiger partial charge in [0.25, 0.3) is 0 Å². The van der Waals surface area contributed by atoms with Crippen molar-refractivity contribution in [2.75, 3.05) is 26.3 Å². The molecule has 1 amide bonds. The number of fused-ring (bicyclic) bond motifs is 1. The molecule has 1 aromatic heterocycles. The fraction of sp³-hybridized carbons (Fsp3) is 0.357. The summed E-state index contributed by atoms with van der Waals surface area (Å²) in [4.78, 5) is 14.6. The third-order valence-corrected chi connectivity index (χ3v) is 7.19. The lowest BCUT2D eigenvalue weighted by Gasteiger charge is -2.30. The number of nitriles is 1. The Hall–Kier alpha value is -3.68. The molecule has 38 heavy (non-hydrogen) atoms. The number of ether oxygens (including phenoxy) is 3. The van der Waals surface area contributed by atoms with E-state index >= 15 is 0 Å². The highest BCUT2D eigenvalue weighted by molar-refractivity contribution is 9.10. The Morgan fingerprint density at radius 2 is 2.00 bits per heavy atom. The SMILES string of the molecule is CC(C)Cc1ccc(-c2[nH]nc3c2C(c2cc(Br)ccc2OC(=O)N2CCOCC2)C(C#N)C(=N)O3)cc1. The zero-order valence-corrected chi connectivity index (χ0v) is 22.7. The summed E-state index contributed by atoms with van der Waals surface area (Å²) < 4.78 is 17.7. The number of carbonyl (C=O) groups excluding carboxylic acids is 1. The number of halogens is 1. The third-order valence-electron chi connectivity index (χ3n) is 6.70. The molecule has 2 unspecified atom stereocenters. The molecule has 2 aliphatic rings. The molecule has 0 radical (unpaired) electrons. The molecule has 5 rings (SSSR count). The topological polar surface area (TPSA) is 124 Å². The van der Waals surface area contributed by atoms with Crippen molar-refractivity contribution in [3.63, 3.8) is 0 Å². The van der Waals surface area contributed by atoms with Crippen LogP contribution in [0.5, 0.6) is 11.6 Å². The molecular weight excluding hydrogens is 550 g/mol. The van der Waals surface area contributed by atoms with E-state index in [9.17, 15) is 10.1 Å². The summed E-state index contributed by atoms with van der Waals surface area (Å²) in [6.45, 7) is 6.15. The second kappa shape index (κ2) is 11.0. The lowest BCUT2D eigenvalue weighted by molar-refractivity contribution is 0.0415. The van der Waals surface area contributed by atoms with Crippen LogP contribution in [0.1, 0.15) is 36.5 Å². The van der Waals surface area contributed by atoms with Gasteiger partial charge in [0.1, 0.15) is 11.7 Å². The van der Waals surface area contributed by atoms with Crippen molar-refractivity contribution >= 4 is 27.9 Å². The van der Waals surface area contributed by atoms with Crippen LogP contribution in [0.3, 0.4) is 0 Å². The van der Waals surface area contributed by atoms with Crippen LogP contribution >= 0.6 is 15.9 Å². The van der Waals surface area contributed by atoms with Crippen molar-refractivity contribution < 1.29 is 19.0 Å². The molecule has 196 valence electrons. The highest BCUT2D eigenvalue weighted by atomic mass is 79.9. The van der Waals surface area contributed by atoms with Crippen molar-refractivity contribution in [2.24, 2.45) is 11.8 Å². The molecule has 0 bridgehead atoms. The number of carbonyl (C=O) groups is 1. The van der Waals surface area contributed by atoms with E-state index in [4.69, 9.17) is 19.6 Å². The van der Waals surface area contributed by atoms with Crippen LogP contribution in [0.25, 0.3) is 11.3 Å². The minimum Gasteiger partial charge on any atom is -0.422 e. The second-order valence-corrected chi connectivity index (χ2v) is 10.7. The average molecular weight is 578 g/mol. The fourth-order valence-corrected chi connectivity index (χ4v) is 5.29. The van der Waals surface area contributed by atoms with E-state index in [1.165, 1.54) is 5.56 Å². The number of morpholine rings is 1. The number of amides is 1. The quantitative estimate of drug-likeness (QED) is 0.412. The minimum absolute atomic E-state index is 0.208. The van der Waals surface area contributed by atoms with E-state index in [1.807, 2.05) is 18.2 Å². The Labute approximate surface area is 229 Å². The highest BCUT2D eigenvalue weighted by Gasteiger charge is 2.42. The van der Waals surface area contributed by atoms with Gasteiger partial charge >= 0.3 is 6.09 Å². The fourth-order valence-electron chi connectivity index (χ4n) is 4.91. The summed E-state index contributed by atoms with van der Waals surface area (Å²) in [5.41, 5.74) is 4.03. The highest BCUT2D eigenvalue weighted by Crippen LogP contribution is 2.48. The van der Waals surface area contributed by atoms with E-state index in [1.54, 1.807) is 17.0 Å². The van der Waals surface area contributed by atoms with Gasteiger partial charge < -0.3 is 19.1 Å². The number of nitrogens with zero attached hydrogens (tertiary/aromatic N) is 3. The second-order valence-electron chi connectivity index (χ2n) is 9.81. The predicted octanol–water partition coefficient (Wildman–Crippen LogP) is 5.51. The van der Waals surface area contributed by atoms with Gasteiger partial charge in [-0.2, -0.15) is 5.26 Å². The average Bonchev–Trinajstić information content (AvgIpc) is 3.32. The van der Waals surface area contributed by atoms with Crippen molar-refractivity contribution in [1.29, 1.82) is 10.7 Å². The van der Waals surface area contributed by atoms with Crippen molar-refractivity contribution in [3.05, 3.63) is 63.6 Å². The van der Waals surface area contributed by atoms with Gasteiger partial charge in [-0.15, -0.1) is 5.10 Å². The van der Waals surface area contributed by atoms with Crippen LogP contribution in [0.15, 0.2) is 46.9 Å². The molecule has 0 spiro atoms. The van der Waals surface area contributed by atoms with Gasteiger partial charge in [-0.25, -0.2) is 4.79 Å². The van der Waals surface area contributed by atoms with Gasteiger partial charge in [0, 0.05) is 29.0 Å². The summed E-state index contributed by atoms with van der Waals surface area (Å²) in [6, 6.07) is 15.7. The van der Waals surface area contributed by atoms with E-state index in [2.05, 4.69) is 58.2 Å². The smallest absolute Gasteiger partial charge is 0.415 e. The largest absolute Gasteiger partial charge is 0.422 e. The normalized spacial score (nSPS) is 19.0. The van der Waals surface area contributed by atoms with Gasteiger partial charge in [-0.1, -0.05) is 54.0 Å². The number of aromatic nitrogens is 2. The molecule has 9 nitrogen and oxygen atoms in total. The molecule has 3 aromatic rings. The zero-order chi connectivity index (χ0) is 26.8. The molecule has 0 aliphatic carbocycles. The zero-order valence-electron chi connectivity index (χ0n) is 21.2. The number of aromatic amines is 1. The Bertz CT molecular complexity index is 1390. The maximum absolute atomic E-state index is 13.0. The van der Waals surface area contributed by atoms with E-state index in [0.29, 0.717) is 54.8 Å². The number of hydrogen-bond donors (Lipinski definition) is 2. The monoisotopic (exact) mass is 577 g/mol. The third kappa shape index (κ3) is 5.17. The molecule has 1 fully saturated rings. The van der Waals surface area contributed by atoms with E-state index < -0.39 is 17.9 Å². The minimum atomic E-state index is -0.950. The lowest BCUT2D eigenvalue weighted by atomic mass is 9.78. The van der Waals surface area contributed by atoms with Gasteiger partial charge in [-0.3, -0.25) is 10.5 Å². The molecule has 2 atom stereocenters. The van der Waals surface area contributed by atoms with Crippen LogP contribution in [0.2, 0.25) is 0 Å². The van der Waals surface area contributed by atoms with Gasteiger partial charge in [0.15, 0.2) is 0 Å². The van der Waals surface area contributed by atoms with Crippen LogP contribution in [-0.4, -0.2) is 53.4 Å². The van der Waals surface area contributed by atoms with Crippen LogP contribution in [0, 0.1) is 28.6 Å². The number of nitrogens with one attached hydrogen (secondary N) is 2. The molecule has 2 aliphatic heterocycles. The number of hydrogen-bond acceptors (Lipinski definition) is 7. The summed E-state index contributed by atoms with van der Waals surface area (Å²) in [7, 11) is 0. The Morgan fingerprint density at radius 3 is 2.68 bits per heavy atom. The predicted molar refractivity (Wildman–Crippen MR) is 144 cm³/mol. The number of benzene rings is 2. The van der Waals surface area contributed by atoms with E-state index in [-0.39, 0.29) is 11.8 Å². The van der Waals surface area contributed by atoms with Crippen molar-refractivity contribution in [1.82, 2.24) is 15.1 Å². The first-order valence-electron chi connectivity index (χ1n) is 12.5. The lowest BCUT2D eigenvalue weighted by Crippen LogP contribution is -2.42. The molecule has 2 N–H and O–H groups in total. The number of H-pyrrole nitrogens is 1. The molecule has 0 saturated carbocycles. The Balaban J connectivity index is 1.58. The van der Waals surface area contributed by atoms with Gasteiger partial charge in [0.05, 0.1) is 30.5 Å². The summed E-state index contributed by atoms with van der Waals surface area (Å²) in [5.74, 6) is -0.732. The Morgan fingerprint density at radius 1 is 1.26 bits per heavy atom. The number of rotatable bonds is 5. The molecule has 10 heteroatoms. The summed E-state index contributed by atoms with van der Waals surface area (Å²) >= 11 is 3.53. The first kappa shape index (κ1) is 25.9. The summed E-state index contributed by atoms with van der Waals surface area (Å²) in [5, 5.41) is 26.0. The standard InChI is InChI=1S/C28H28BrN5O4/c1-16(2)13-17-3-5-18(6-4-17)25-24-23(21(15-30)26(31)38-27(24)33-32-25)20-14-19(29)7-8-22(20)37-28(35)34-9-11-36-12-10-34/h3-8,14,16,21,23,31H,9-13H2,1-2H3,(H,32,33). The maximum atomic E-state index is 13.0. The Kier molecular flexibility index (Phi) is 7.49. The molecule has 2 aromatic carbocycles. The van der Waals surface area contributed by atoms with Crippen molar-refractivity contribution in [2.45, 2.75) is 26.2 Å². The first-order valence-corrected chi connectivity index (χ1v) is 13.3. The maximum Gasteiger partial charge on any atom is 0.415 e. The van der Waals surface area contributed by atoms with Gasteiger partial charge in [0.2, 0.25) is 11.8 Å². The molecular formula is C28H28BrN5O4. The molecule has 3 heterocycles. The van der Waals surface area contributed by atoms with Crippen LogP contribution in [0.4, 0.5) is 4.79 Å².